The first-order valence-corrected chi connectivity index (χ1v) is 9.55. The minimum absolute atomic E-state index is 0.364. The number of hydrogen-bond donors (Lipinski definition) is 0. The van der Waals surface area contributed by atoms with Crippen LogP contribution in [0.25, 0.3) is 0 Å². The Morgan fingerprint density at radius 2 is 1.59 bits per heavy atom. The van der Waals surface area contributed by atoms with Crippen LogP contribution in [0, 0.1) is 0 Å². The molecule has 0 unspecified atom stereocenters. The van der Waals surface area contributed by atoms with E-state index in [1.54, 1.807) is 0 Å². The molecular weight excluding hydrogens is 235 g/mol. The second-order valence-corrected chi connectivity index (χ2v) is 9.71. The van der Waals surface area contributed by atoms with Crippen LogP contribution in [-0.2, 0) is 14.2 Å². The predicted molar refractivity (Wildman–Crippen MR) is 71.7 cm³/mol. The van der Waals surface area contributed by atoms with E-state index in [0.29, 0.717) is 6.10 Å². The highest BCUT2D eigenvalue weighted by atomic mass is 31.2. The predicted octanol–water partition coefficient (Wildman–Crippen LogP) is 3.64. The summed E-state index contributed by atoms with van der Waals surface area (Å²) in [6, 6.07) is 0. The Balaban J connectivity index is 1.74. The van der Waals surface area contributed by atoms with Gasteiger partial charge in [-0.05, 0) is 26.7 Å². The molecule has 0 amide bonds. The summed E-state index contributed by atoms with van der Waals surface area (Å²) in [7, 11) is -0.967. The molecule has 0 atom stereocenters. The molecule has 0 aromatic carbocycles. The van der Waals surface area contributed by atoms with Gasteiger partial charge in [-0.25, -0.2) is 0 Å². The van der Waals surface area contributed by atoms with Gasteiger partial charge in [-0.1, -0.05) is 19.3 Å². The van der Waals surface area contributed by atoms with E-state index in [4.69, 9.17) is 14.2 Å². The van der Waals surface area contributed by atoms with Crippen molar-refractivity contribution < 1.29 is 14.2 Å². The van der Waals surface area contributed by atoms with Gasteiger partial charge in [0.1, 0.15) is 0 Å². The lowest BCUT2D eigenvalue weighted by Gasteiger charge is -2.35. The Morgan fingerprint density at radius 3 is 2.12 bits per heavy atom. The molecule has 1 heterocycles. The van der Waals surface area contributed by atoms with Crippen molar-refractivity contribution in [1.82, 2.24) is 0 Å². The van der Waals surface area contributed by atoms with Crippen molar-refractivity contribution in [3.05, 3.63) is 0 Å². The van der Waals surface area contributed by atoms with Crippen LogP contribution < -0.4 is 0 Å². The van der Waals surface area contributed by atoms with Gasteiger partial charge in [0.15, 0.2) is 12.7 Å². The molecule has 0 radical (unpaired) electrons. The maximum atomic E-state index is 5.89. The Hall–Kier alpha value is 0.310. The molecule has 0 aromatic heterocycles. The molecule has 0 aromatic rings. The maximum Gasteiger partial charge on any atom is 0.277 e. The molecule has 0 spiro atoms. The van der Waals surface area contributed by atoms with E-state index in [2.05, 4.69) is 13.8 Å². The highest BCUT2D eigenvalue weighted by molar-refractivity contribution is 7.75. The van der Waals surface area contributed by atoms with Crippen molar-refractivity contribution >= 4 is 7.26 Å². The van der Waals surface area contributed by atoms with Gasteiger partial charge in [0, 0.05) is 0 Å². The van der Waals surface area contributed by atoms with Crippen molar-refractivity contribution in [2.24, 2.45) is 0 Å². The van der Waals surface area contributed by atoms with Gasteiger partial charge in [-0.2, -0.15) is 0 Å². The van der Waals surface area contributed by atoms with Crippen LogP contribution in [0.15, 0.2) is 0 Å². The molecular formula is C13H26O3P+. The van der Waals surface area contributed by atoms with Crippen LogP contribution in [0.3, 0.4) is 0 Å². The molecule has 2 rings (SSSR count). The fourth-order valence-electron chi connectivity index (χ4n) is 2.55. The third kappa shape index (κ3) is 3.64. The fraction of sp³-hybridized carbons (Fsp3) is 1.00. The highest BCUT2D eigenvalue weighted by Gasteiger charge is 2.41. The Bertz CT molecular complexity index is 215. The minimum Gasteiger partial charge on any atom is -0.326 e. The van der Waals surface area contributed by atoms with Gasteiger partial charge in [0.25, 0.3) is 6.48 Å². The highest BCUT2D eigenvalue weighted by Crippen LogP contribution is 2.60. The van der Waals surface area contributed by atoms with E-state index in [1.807, 2.05) is 0 Å². The molecule has 100 valence electrons. The van der Waals surface area contributed by atoms with Gasteiger partial charge in [0.05, 0.1) is 25.7 Å². The van der Waals surface area contributed by atoms with Crippen LogP contribution in [0.1, 0.15) is 46.0 Å². The second kappa shape index (κ2) is 6.47. The molecule has 17 heavy (non-hydrogen) atoms. The third-order valence-corrected chi connectivity index (χ3v) is 8.24. The number of rotatable bonds is 4. The van der Waals surface area contributed by atoms with Crippen LogP contribution in [0.5, 0.6) is 0 Å². The summed E-state index contributed by atoms with van der Waals surface area (Å²) in [4.78, 5) is 0. The van der Waals surface area contributed by atoms with Gasteiger partial charge in [-0.15, -0.1) is 0 Å². The molecule has 1 aliphatic carbocycles. The Kier molecular flexibility index (Phi) is 5.23. The molecule has 1 saturated heterocycles. The Morgan fingerprint density at radius 1 is 1.00 bits per heavy atom. The van der Waals surface area contributed by atoms with E-state index < -0.39 is 7.26 Å². The van der Waals surface area contributed by atoms with E-state index in [-0.39, 0.29) is 6.48 Å². The summed E-state index contributed by atoms with van der Waals surface area (Å²) in [5, 5.41) is 0. The maximum absolute atomic E-state index is 5.89. The summed E-state index contributed by atoms with van der Waals surface area (Å²) in [5.41, 5.74) is 0. The van der Waals surface area contributed by atoms with Gasteiger partial charge >= 0.3 is 0 Å². The summed E-state index contributed by atoms with van der Waals surface area (Å²) in [6.45, 7) is 4.13. The van der Waals surface area contributed by atoms with Crippen molar-refractivity contribution in [1.29, 1.82) is 0 Å². The van der Waals surface area contributed by atoms with Crippen LogP contribution in [0.4, 0.5) is 0 Å². The van der Waals surface area contributed by atoms with Gasteiger partial charge in [-0.3, -0.25) is 9.47 Å². The number of hydrogen-bond acceptors (Lipinski definition) is 3. The summed E-state index contributed by atoms with van der Waals surface area (Å²) in [5.74, 6) is 0. The Labute approximate surface area is 106 Å². The lowest BCUT2D eigenvalue weighted by Crippen LogP contribution is -2.34. The zero-order valence-corrected chi connectivity index (χ0v) is 12.1. The van der Waals surface area contributed by atoms with E-state index in [9.17, 15) is 0 Å². The average Bonchev–Trinajstić information content (AvgIpc) is 2.41. The largest absolute Gasteiger partial charge is 0.326 e. The van der Waals surface area contributed by atoms with E-state index in [1.165, 1.54) is 44.4 Å². The van der Waals surface area contributed by atoms with Gasteiger partial charge in [0.2, 0.25) is 0 Å². The summed E-state index contributed by atoms with van der Waals surface area (Å²) < 4.78 is 17.5. The van der Waals surface area contributed by atoms with E-state index >= 15 is 0 Å². The van der Waals surface area contributed by atoms with Crippen LogP contribution >= 0.6 is 7.26 Å². The first-order valence-electron chi connectivity index (χ1n) is 7.02. The standard InChI is InChI=1S/C13H26O3P/c1-3-17(4-2)10-14-13(15-11-17)16-12-8-6-5-7-9-12/h12-13H,3-11H2,1-2H3/q+1. The first kappa shape index (κ1) is 13.7. The van der Waals surface area contributed by atoms with Crippen molar-refractivity contribution in [3.63, 3.8) is 0 Å². The van der Waals surface area contributed by atoms with Crippen molar-refractivity contribution in [2.45, 2.75) is 58.5 Å². The van der Waals surface area contributed by atoms with Crippen LogP contribution in [0.2, 0.25) is 0 Å². The minimum atomic E-state index is -0.967. The zero-order valence-electron chi connectivity index (χ0n) is 11.2. The second-order valence-electron chi connectivity index (χ2n) is 5.25. The quantitative estimate of drug-likeness (QED) is 0.723. The molecule has 2 fully saturated rings. The smallest absolute Gasteiger partial charge is 0.277 e. The van der Waals surface area contributed by atoms with Crippen molar-refractivity contribution in [2.75, 3.05) is 25.0 Å². The molecule has 0 bridgehead atoms. The van der Waals surface area contributed by atoms with E-state index in [0.717, 1.165) is 12.7 Å². The van der Waals surface area contributed by atoms with Crippen LogP contribution in [-0.4, -0.2) is 37.6 Å². The molecule has 1 aliphatic heterocycles. The number of ether oxygens (including phenoxy) is 3. The molecule has 3 nitrogen and oxygen atoms in total. The molecule has 2 aliphatic rings. The summed E-state index contributed by atoms with van der Waals surface area (Å²) in [6.07, 6.45) is 10.9. The molecule has 1 saturated carbocycles. The zero-order chi connectivity index (χ0) is 12.1. The van der Waals surface area contributed by atoms with Crippen molar-refractivity contribution in [3.8, 4) is 0 Å². The monoisotopic (exact) mass is 261 g/mol. The SMILES string of the molecule is CC[P+]1(CC)COC(OC2CCCCC2)OC1. The molecule has 4 heteroatoms. The van der Waals surface area contributed by atoms with Gasteiger partial charge < -0.3 is 4.74 Å². The first-order chi connectivity index (χ1) is 8.28. The topological polar surface area (TPSA) is 27.7 Å². The lowest BCUT2D eigenvalue weighted by molar-refractivity contribution is -0.301. The lowest BCUT2D eigenvalue weighted by atomic mass is 9.98. The third-order valence-electron chi connectivity index (χ3n) is 4.17. The average molecular weight is 261 g/mol. The fourth-order valence-corrected chi connectivity index (χ4v) is 4.68. The molecule has 0 N–H and O–H groups in total. The normalized spacial score (nSPS) is 27.2. The summed E-state index contributed by atoms with van der Waals surface area (Å²) >= 11 is 0.